The third-order valence-electron chi connectivity index (χ3n) is 2.41. The molecular weight excluding hydrogens is 203 g/mol. The summed E-state index contributed by atoms with van der Waals surface area (Å²) in [5.74, 6) is -0.231. The average molecular weight is 214 g/mol. The van der Waals surface area contributed by atoms with Gasteiger partial charge in [0.05, 0.1) is 0 Å². The minimum atomic E-state index is -0.231. The summed E-state index contributed by atoms with van der Waals surface area (Å²) in [6.07, 6.45) is 1.54. The van der Waals surface area contributed by atoms with Crippen molar-refractivity contribution in [1.82, 2.24) is 0 Å². The minimum Gasteiger partial charge on any atom is -0.298 e. The van der Waals surface area contributed by atoms with Crippen LogP contribution in [0.4, 0.5) is 4.39 Å². The molecule has 2 aromatic carbocycles. The van der Waals surface area contributed by atoms with Gasteiger partial charge in [0.2, 0.25) is 0 Å². The lowest BCUT2D eigenvalue weighted by Crippen LogP contribution is -1.90. The molecule has 0 atom stereocenters. The molecule has 0 N–H and O–H groups in total. The van der Waals surface area contributed by atoms with Crippen LogP contribution in [0.2, 0.25) is 0 Å². The predicted octanol–water partition coefficient (Wildman–Crippen LogP) is 3.23. The van der Waals surface area contributed by atoms with Crippen LogP contribution in [0.1, 0.15) is 21.5 Å². The minimum absolute atomic E-state index is 0.231. The van der Waals surface area contributed by atoms with Crippen LogP contribution in [0.5, 0.6) is 0 Å². The first-order valence-corrected chi connectivity index (χ1v) is 5.06. The summed E-state index contributed by atoms with van der Waals surface area (Å²) >= 11 is 0. The molecule has 0 unspecified atom stereocenters. The van der Waals surface area contributed by atoms with Crippen molar-refractivity contribution in [1.29, 1.82) is 0 Å². The smallest absolute Gasteiger partial charge is 0.150 e. The molecule has 2 aromatic rings. The molecule has 0 aliphatic heterocycles. The fourth-order valence-electron chi connectivity index (χ4n) is 1.61. The lowest BCUT2D eigenvalue weighted by atomic mass is 10.0. The largest absolute Gasteiger partial charge is 0.298 e. The molecule has 16 heavy (non-hydrogen) atoms. The van der Waals surface area contributed by atoms with Gasteiger partial charge in [0.1, 0.15) is 12.1 Å². The van der Waals surface area contributed by atoms with Crippen molar-refractivity contribution in [3.8, 4) is 0 Å². The number of carbonyl (C=O) groups excluding carboxylic acids is 1. The molecule has 0 bridgehead atoms. The van der Waals surface area contributed by atoms with E-state index in [1.165, 1.54) is 12.1 Å². The Hall–Kier alpha value is -1.96. The quantitative estimate of drug-likeness (QED) is 0.717. The first-order chi connectivity index (χ1) is 7.78. The summed E-state index contributed by atoms with van der Waals surface area (Å²) in [6.45, 7) is 0. The Kier molecular flexibility index (Phi) is 3.10. The van der Waals surface area contributed by atoms with Crippen LogP contribution >= 0.6 is 0 Å². The molecule has 2 heteroatoms. The molecule has 0 saturated carbocycles. The van der Waals surface area contributed by atoms with Gasteiger partial charge in [0.25, 0.3) is 0 Å². The molecule has 0 aromatic heterocycles. The van der Waals surface area contributed by atoms with E-state index >= 15 is 0 Å². The second kappa shape index (κ2) is 4.71. The van der Waals surface area contributed by atoms with E-state index < -0.39 is 0 Å². The SMILES string of the molecule is O=Cc1cccc(Cc2ccc(F)cc2)c1. The van der Waals surface area contributed by atoms with E-state index in [0.29, 0.717) is 12.0 Å². The highest BCUT2D eigenvalue weighted by molar-refractivity contribution is 5.74. The molecular formula is C14H11FO. The normalized spacial score (nSPS) is 10.1. The van der Waals surface area contributed by atoms with Gasteiger partial charge in [-0.2, -0.15) is 0 Å². The van der Waals surface area contributed by atoms with Crippen LogP contribution in [0.25, 0.3) is 0 Å². The fraction of sp³-hybridized carbons (Fsp3) is 0.0714. The Balaban J connectivity index is 2.20. The van der Waals surface area contributed by atoms with Crippen molar-refractivity contribution in [2.75, 3.05) is 0 Å². The van der Waals surface area contributed by atoms with Crippen molar-refractivity contribution in [3.63, 3.8) is 0 Å². The number of rotatable bonds is 3. The van der Waals surface area contributed by atoms with Crippen molar-refractivity contribution in [3.05, 3.63) is 71.0 Å². The molecule has 0 aliphatic rings. The summed E-state index contributed by atoms with van der Waals surface area (Å²) in [6, 6.07) is 13.8. The van der Waals surface area contributed by atoms with E-state index in [4.69, 9.17) is 0 Å². The molecule has 0 heterocycles. The van der Waals surface area contributed by atoms with Gasteiger partial charge in [-0.3, -0.25) is 4.79 Å². The topological polar surface area (TPSA) is 17.1 Å². The Morgan fingerprint density at radius 1 is 1.00 bits per heavy atom. The van der Waals surface area contributed by atoms with E-state index in [-0.39, 0.29) is 5.82 Å². The van der Waals surface area contributed by atoms with E-state index in [1.54, 1.807) is 18.2 Å². The number of aldehydes is 1. The van der Waals surface area contributed by atoms with Gasteiger partial charge in [0.15, 0.2) is 0 Å². The molecule has 0 spiro atoms. The highest BCUT2D eigenvalue weighted by Gasteiger charge is 1.98. The maximum atomic E-state index is 12.7. The van der Waals surface area contributed by atoms with E-state index in [1.807, 2.05) is 18.2 Å². The Morgan fingerprint density at radius 2 is 1.75 bits per heavy atom. The molecule has 0 fully saturated rings. The van der Waals surface area contributed by atoms with Crippen molar-refractivity contribution in [2.24, 2.45) is 0 Å². The van der Waals surface area contributed by atoms with E-state index in [0.717, 1.165) is 17.4 Å². The van der Waals surface area contributed by atoms with Crippen molar-refractivity contribution < 1.29 is 9.18 Å². The maximum absolute atomic E-state index is 12.7. The van der Waals surface area contributed by atoms with Gasteiger partial charge < -0.3 is 0 Å². The van der Waals surface area contributed by atoms with Gasteiger partial charge >= 0.3 is 0 Å². The molecule has 0 aliphatic carbocycles. The summed E-state index contributed by atoms with van der Waals surface area (Å²) < 4.78 is 12.7. The lowest BCUT2D eigenvalue weighted by Gasteiger charge is -2.02. The van der Waals surface area contributed by atoms with Gasteiger partial charge in [0, 0.05) is 5.56 Å². The Morgan fingerprint density at radius 3 is 2.44 bits per heavy atom. The number of halogens is 1. The van der Waals surface area contributed by atoms with Crippen molar-refractivity contribution >= 4 is 6.29 Å². The zero-order valence-corrected chi connectivity index (χ0v) is 8.69. The third kappa shape index (κ3) is 2.54. The highest BCUT2D eigenvalue weighted by atomic mass is 19.1. The predicted molar refractivity (Wildman–Crippen MR) is 61.0 cm³/mol. The second-order valence-electron chi connectivity index (χ2n) is 3.67. The van der Waals surface area contributed by atoms with Crippen molar-refractivity contribution in [2.45, 2.75) is 6.42 Å². The van der Waals surface area contributed by atoms with Crippen LogP contribution in [-0.4, -0.2) is 6.29 Å². The second-order valence-corrected chi connectivity index (χ2v) is 3.67. The first kappa shape index (κ1) is 10.6. The van der Waals surface area contributed by atoms with Crippen LogP contribution in [-0.2, 0) is 6.42 Å². The van der Waals surface area contributed by atoms with Gasteiger partial charge in [-0.1, -0.05) is 30.3 Å². The molecule has 80 valence electrons. The van der Waals surface area contributed by atoms with Gasteiger partial charge in [-0.25, -0.2) is 4.39 Å². The fourth-order valence-corrected chi connectivity index (χ4v) is 1.61. The first-order valence-electron chi connectivity index (χ1n) is 5.06. The van der Waals surface area contributed by atoms with Crippen LogP contribution in [0, 0.1) is 5.82 Å². The Bertz CT molecular complexity index is 488. The third-order valence-corrected chi connectivity index (χ3v) is 2.41. The van der Waals surface area contributed by atoms with E-state index in [2.05, 4.69) is 0 Å². The lowest BCUT2D eigenvalue weighted by molar-refractivity contribution is 0.112. The monoisotopic (exact) mass is 214 g/mol. The van der Waals surface area contributed by atoms with E-state index in [9.17, 15) is 9.18 Å². The maximum Gasteiger partial charge on any atom is 0.150 e. The number of carbonyl (C=O) groups is 1. The number of benzene rings is 2. The molecule has 0 saturated heterocycles. The standard InChI is InChI=1S/C14H11FO/c15-14-6-4-11(5-7-14)8-12-2-1-3-13(9-12)10-16/h1-7,9-10H,8H2. The summed E-state index contributed by atoms with van der Waals surface area (Å²) in [7, 11) is 0. The average Bonchev–Trinajstić information content (AvgIpc) is 2.32. The zero-order chi connectivity index (χ0) is 11.4. The summed E-state index contributed by atoms with van der Waals surface area (Å²) in [4.78, 5) is 10.6. The summed E-state index contributed by atoms with van der Waals surface area (Å²) in [5, 5.41) is 0. The number of hydrogen-bond acceptors (Lipinski definition) is 1. The number of hydrogen-bond donors (Lipinski definition) is 0. The molecule has 1 nitrogen and oxygen atoms in total. The van der Waals surface area contributed by atoms with Crippen LogP contribution in [0.15, 0.2) is 48.5 Å². The zero-order valence-electron chi connectivity index (χ0n) is 8.69. The molecule has 2 rings (SSSR count). The van der Waals surface area contributed by atoms with Gasteiger partial charge in [-0.05, 0) is 35.7 Å². The summed E-state index contributed by atoms with van der Waals surface area (Å²) in [5.41, 5.74) is 2.75. The van der Waals surface area contributed by atoms with Crippen LogP contribution < -0.4 is 0 Å². The highest BCUT2D eigenvalue weighted by Crippen LogP contribution is 2.11. The molecule has 0 radical (unpaired) electrons. The Labute approximate surface area is 93.5 Å². The molecule has 0 amide bonds. The van der Waals surface area contributed by atoms with Gasteiger partial charge in [-0.15, -0.1) is 0 Å². The van der Waals surface area contributed by atoms with Crippen LogP contribution in [0.3, 0.4) is 0 Å².